The summed E-state index contributed by atoms with van der Waals surface area (Å²) in [6.45, 7) is 0.955. The van der Waals surface area contributed by atoms with Crippen LogP contribution in [0, 0.1) is 0 Å². The van der Waals surface area contributed by atoms with Gasteiger partial charge in [0.05, 0.1) is 13.7 Å². The molecule has 0 spiro atoms. The van der Waals surface area contributed by atoms with Gasteiger partial charge in [0, 0.05) is 0 Å². The lowest BCUT2D eigenvalue weighted by atomic mass is 9.96. The van der Waals surface area contributed by atoms with Crippen LogP contribution in [-0.4, -0.2) is 66.4 Å². The first kappa shape index (κ1) is 16.3. The van der Waals surface area contributed by atoms with E-state index in [2.05, 4.69) is 30.9 Å². The zero-order chi connectivity index (χ0) is 16.9. The molecule has 0 amide bonds. The Balaban J connectivity index is 2.21. The number of halogens is 1. The molecule has 2 aromatic heterocycles. The van der Waals surface area contributed by atoms with Crippen LogP contribution in [0.4, 0.5) is 5.95 Å². The molecule has 0 unspecified atom stereocenters. The van der Waals surface area contributed by atoms with Crippen LogP contribution >= 0.6 is 15.9 Å². The SMILES string of the molecule is COc1nc(N)nc2c1nc(Br)n2[C@@H]1O[C@H](CO)[C@@H](O)[C@@]1(C)O. The number of nitrogens with zero attached hydrogens (tertiary/aromatic N) is 4. The van der Waals surface area contributed by atoms with E-state index in [-0.39, 0.29) is 22.2 Å². The van der Waals surface area contributed by atoms with E-state index in [9.17, 15) is 15.3 Å². The molecule has 126 valence electrons. The topological polar surface area (TPSA) is 149 Å². The fourth-order valence-corrected chi connectivity index (χ4v) is 3.19. The Labute approximate surface area is 139 Å². The van der Waals surface area contributed by atoms with Crippen molar-refractivity contribution in [2.75, 3.05) is 19.5 Å². The summed E-state index contributed by atoms with van der Waals surface area (Å²) in [6, 6.07) is 0. The third kappa shape index (κ3) is 2.35. The smallest absolute Gasteiger partial charge is 0.247 e. The van der Waals surface area contributed by atoms with Crippen LogP contribution in [0.1, 0.15) is 13.2 Å². The van der Waals surface area contributed by atoms with Gasteiger partial charge in [-0.3, -0.25) is 4.57 Å². The number of aromatic nitrogens is 4. The van der Waals surface area contributed by atoms with Crippen molar-refractivity contribution < 1.29 is 24.8 Å². The molecule has 1 aliphatic heterocycles. The molecular formula is C12H16BrN5O5. The lowest BCUT2D eigenvalue weighted by molar-refractivity contribution is -0.0960. The molecule has 11 heteroatoms. The number of nitrogens with two attached hydrogens (primary N) is 1. The van der Waals surface area contributed by atoms with Gasteiger partial charge in [0.25, 0.3) is 0 Å². The fourth-order valence-electron chi connectivity index (χ4n) is 2.65. The van der Waals surface area contributed by atoms with Crippen molar-refractivity contribution in [3.63, 3.8) is 0 Å². The number of methoxy groups -OCH3 is 1. The van der Waals surface area contributed by atoms with Gasteiger partial charge in [-0.25, -0.2) is 4.98 Å². The van der Waals surface area contributed by atoms with Crippen LogP contribution in [0.15, 0.2) is 4.73 Å². The molecular weight excluding hydrogens is 374 g/mol. The molecule has 23 heavy (non-hydrogen) atoms. The van der Waals surface area contributed by atoms with Crippen molar-refractivity contribution in [1.29, 1.82) is 0 Å². The minimum absolute atomic E-state index is 0.0418. The van der Waals surface area contributed by atoms with Gasteiger partial charge in [0.1, 0.15) is 17.8 Å². The van der Waals surface area contributed by atoms with Crippen molar-refractivity contribution in [1.82, 2.24) is 19.5 Å². The summed E-state index contributed by atoms with van der Waals surface area (Å²) in [7, 11) is 1.42. The number of hydrogen-bond acceptors (Lipinski definition) is 9. The Morgan fingerprint density at radius 1 is 1.43 bits per heavy atom. The maximum Gasteiger partial charge on any atom is 0.247 e. The minimum atomic E-state index is -1.68. The lowest BCUT2D eigenvalue weighted by Gasteiger charge is -2.27. The molecule has 4 atom stereocenters. The highest BCUT2D eigenvalue weighted by atomic mass is 79.9. The average Bonchev–Trinajstić information content (AvgIpc) is 2.93. The molecule has 1 fully saturated rings. The van der Waals surface area contributed by atoms with Gasteiger partial charge in [0.15, 0.2) is 22.1 Å². The molecule has 2 aromatic rings. The largest absolute Gasteiger partial charge is 0.479 e. The molecule has 1 saturated heterocycles. The number of hydrogen-bond donors (Lipinski definition) is 4. The standard InChI is InChI=1S/C12H16BrN5O5/c1-12(21)6(20)4(3-19)23-9(12)18-7-5(15-10(18)13)8(22-2)17-11(14)16-7/h4,6,9,19-21H,3H2,1-2H3,(H2,14,16,17)/t4-,6-,9-,12-/m1/s1. The van der Waals surface area contributed by atoms with Crippen LogP contribution in [0.25, 0.3) is 11.2 Å². The summed E-state index contributed by atoms with van der Waals surface area (Å²) in [6.07, 6.45) is -3.28. The zero-order valence-corrected chi connectivity index (χ0v) is 13.9. The number of aliphatic hydroxyl groups excluding tert-OH is 2. The number of aliphatic hydroxyl groups is 3. The Hall–Kier alpha value is -1.53. The molecule has 3 heterocycles. The molecule has 10 nitrogen and oxygen atoms in total. The zero-order valence-electron chi connectivity index (χ0n) is 12.3. The monoisotopic (exact) mass is 389 g/mol. The Morgan fingerprint density at radius 2 is 2.13 bits per heavy atom. The van der Waals surface area contributed by atoms with Gasteiger partial charge >= 0.3 is 0 Å². The molecule has 0 aliphatic carbocycles. The normalized spacial score (nSPS) is 31.0. The summed E-state index contributed by atoms with van der Waals surface area (Å²) in [4.78, 5) is 12.3. The highest BCUT2D eigenvalue weighted by molar-refractivity contribution is 9.10. The van der Waals surface area contributed by atoms with Gasteiger partial charge in [-0.2, -0.15) is 9.97 Å². The van der Waals surface area contributed by atoms with Crippen LogP contribution < -0.4 is 10.5 Å². The van der Waals surface area contributed by atoms with Crippen molar-refractivity contribution in [2.45, 2.75) is 31.0 Å². The molecule has 5 N–H and O–H groups in total. The third-order valence-electron chi connectivity index (χ3n) is 3.84. The number of imidazole rings is 1. The van der Waals surface area contributed by atoms with Crippen LogP contribution in [-0.2, 0) is 4.74 Å². The predicted octanol–water partition coefficient (Wildman–Crippen LogP) is -0.819. The Kier molecular flexibility index (Phi) is 3.92. The van der Waals surface area contributed by atoms with Crippen LogP contribution in [0.2, 0.25) is 0 Å². The van der Waals surface area contributed by atoms with Gasteiger partial charge in [0.2, 0.25) is 11.8 Å². The molecule has 0 aromatic carbocycles. The third-order valence-corrected chi connectivity index (χ3v) is 4.40. The quantitative estimate of drug-likeness (QED) is 0.493. The number of anilines is 1. The van der Waals surface area contributed by atoms with E-state index in [0.29, 0.717) is 5.52 Å². The second kappa shape index (κ2) is 5.53. The molecule has 0 bridgehead atoms. The van der Waals surface area contributed by atoms with Gasteiger partial charge < -0.3 is 30.5 Å². The highest BCUT2D eigenvalue weighted by Gasteiger charge is 2.53. The average molecular weight is 390 g/mol. The first-order valence-electron chi connectivity index (χ1n) is 6.73. The summed E-state index contributed by atoms with van der Waals surface area (Å²) in [5.41, 5.74) is 4.57. The first-order chi connectivity index (χ1) is 10.8. The van der Waals surface area contributed by atoms with Gasteiger partial charge in [-0.05, 0) is 22.9 Å². The maximum atomic E-state index is 10.6. The Morgan fingerprint density at radius 3 is 2.70 bits per heavy atom. The van der Waals surface area contributed by atoms with E-state index in [1.807, 2.05) is 0 Å². The highest BCUT2D eigenvalue weighted by Crippen LogP contribution is 2.41. The van der Waals surface area contributed by atoms with Crippen molar-refractivity contribution in [2.24, 2.45) is 0 Å². The van der Waals surface area contributed by atoms with E-state index in [4.69, 9.17) is 15.2 Å². The maximum absolute atomic E-state index is 10.6. The second-order valence-electron chi connectivity index (χ2n) is 5.39. The fraction of sp³-hybridized carbons (Fsp3) is 0.583. The summed E-state index contributed by atoms with van der Waals surface area (Å²) >= 11 is 3.27. The van der Waals surface area contributed by atoms with E-state index in [0.717, 1.165) is 0 Å². The molecule has 0 saturated carbocycles. The summed E-state index contributed by atoms with van der Waals surface area (Å²) in [5, 5.41) is 30.0. The second-order valence-corrected chi connectivity index (χ2v) is 6.10. The number of fused-ring (bicyclic) bond motifs is 1. The summed E-state index contributed by atoms with van der Waals surface area (Å²) < 4.78 is 12.4. The minimum Gasteiger partial charge on any atom is -0.479 e. The molecule has 0 radical (unpaired) electrons. The summed E-state index contributed by atoms with van der Waals surface area (Å²) in [5.74, 6) is 0.128. The Bertz CT molecular complexity index is 751. The van der Waals surface area contributed by atoms with Crippen molar-refractivity contribution in [3.8, 4) is 5.88 Å². The van der Waals surface area contributed by atoms with Crippen LogP contribution in [0.5, 0.6) is 5.88 Å². The van der Waals surface area contributed by atoms with Gasteiger partial charge in [-0.15, -0.1) is 0 Å². The van der Waals surface area contributed by atoms with E-state index in [1.54, 1.807) is 0 Å². The predicted molar refractivity (Wildman–Crippen MR) is 81.6 cm³/mol. The molecule has 3 rings (SSSR count). The molecule has 1 aliphatic rings. The number of ether oxygens (including phenoxy) is 2. The number of rotatable bonds is 3. The van der Waals surface area contributed by atoms with Gasteiger partial charge in [-0.1, -0.05) is 0 Å². The van der Waals surface area contributed by atoms with E-state index < -0.39 is 30.6 Å². The van der Waals surface area contributed by atoms with Crippen LogP contribution in [0.3, 0.4) is 0 Å². The van der Waals surface area contributed by atoms with Crippen molar-refractivity contribution >= 4 is 33.0 Å². The van der Waals surface area contributed by atoms with E-state index in [1.165, 1.54) is 18.6 Å². The lowest BCUT2D eigenvalue weighted by Crippen LogP contribution is -2.44. The van der Waals surface area contributed by atoms with E-state index >= 15 is 0 Å². The number of nitrogen functional groups attached to an aromatic ring is 1. The van der Waals surface area contributed by atoms with Crippen molar-refractivity contribution in [3.05, 3.63) is 4.73 Å². The first-order valence-corrected chi connectivity index (χ1v) is 7.52.